The second-order valence-electron chi connectivity index (χ2n) is 0.101. The summed E-state index contributed by atoms with van der Waals surface area (Å²) < 4.78 is 0. The van der Waals surface area contributed by atoms with E-state index in [1.54, 1.807) is 0 Å². The van der Waals surface area contributed by atoms with E-state index in [9.17, 15) is 0 Å². The van der Waals surface area contributed by atoms with Gasteiger partial charge in [0, 0.05) is 19.5 Å². The molecule has 0 saturated heterocycles. The van der Waals surface area contributed by atoms with Crippen LogP contribution in [0.2, 0.25) is 0 Å². The molecule has 0 atom stereocenters. The van der Waals surface area contributed by atoms with Crippen LogP contribution in [0.3, 0.4) is 0 Å². The fourth-order valence-corrected chi connectivity index (χ4v) is 0. The van der Waals surface area contributed by atoms with Crippen LogP contribution in [-0.4, -0.2) is 5.34 Å². The molecule has 28 valence electrons. The van der Waals surface area contributed by atoms with Crippen LogP contribution in [0.15, 0.2) is 0 Å². The van der Waals surface area contributed by atoms with Gasteiger partial charge in [-0.3, -0.25) is 0 Å². The van der Waals surface area contributed by atoms with Gasteiger partial charge in [-0.2, -0.15) is 0 Å². The first kappa shape index (κ1) is 8.96. The van der Waals surface area contributed by atoms with Crippen molar-refractivity contribution in [3.05, 3.63) is 0 Å². The summed E-state index contributed by atoms with van der Waals surface area (Å²) in [7, 11) is 0. The van der Waals surface area contributed by atoms with E-state index in [-0.39, 0.29) is 24.8 Å². The molecule has 0 fully saturated rings. The van der Waals surface area contributed by atoms with Gasteiger partial charge in [-0.1, -0.05) is 0 Å². The quantitative estimate of drug-likeness (QED) is 0.396. The van der Waals surface area contributed by atoms with Crippen LogP contribution in [-0.2, 0) is 19.5 Å². The van der Waals surface area contributed by atoms with Crippen LogP contribution in [0, 0.1) is 0 Å². The van der Waals surface area contributed by atoms with E-state index in [1.165, 1.54) is 0 Å². The third-order valence-corrected chi connectivity index (χ3v) is 0. The van der Waals surface area contributed by atoms with E-state index < -0.39 is 0 Å². The summed E-state index contributed by atoms with van der Waals surface area (Å²) in [6.45, 7) is 0. The monoisotopic (exact) mass is 186 g/mol. The Balaban J connectivity index is 0. The van der Waals surface area contributed by atoms with Crippen molar-refractivity contribution in [1.82, 2.24) is 0 Å². The fraction of sp³-hybridized carbons (Fsp3) is 1.00. The molecule has 0 bridgehead atoms. The maximum Gasteiger partial charge on any atom is 0.0967 e. The molecule has 0 amide bonds. The first-order chi connectivity index (χ1) is 1.41. The van der Waals surface area contributed by atoms with Crippen molar-refractivity contribution in [2.24, 2.45) is 0 Å². The molecule has 0 aromatic carbocycles. The topological polar surface area (TPSA) is 0 Å². The number of alkyl halides is 2. The van der Waals surface area contributed by atoms with Crippen LogP contribution in [0.5, 0.6) is 0 Å². The Hall–Kier alpha value is 1.20. The van der Waals surface area contributed by atoms with Gasteiger partial charge < -0.3 is 0 Å². The van der Waals surface area contributed by atoms with E-state index in [0.29, 0.717) is 0 Å². The van der Waals surface area contributed by atoms with Gasteiger partial charge in [-0.05, 0) is 0 Å². The van der Waals surface area contributed by atoms with E-state index in [1.807, 2.05) is 0 Å². The van der Waals surface area contributed by atoms with Gasteiger partial charge in [-0.15, -0.1) is 23.2 Å². The zero-order valence-electron chi connectivity index (χ0n) is 1.82. The Morgan fingerprint density at radius 2 is 1.25 bits per heavy atom. The predicted molar refractivity (Wildman–Crippen MR) is 16.6 cm³/mol. The first-order valence-corrected chi connectivity index (χ1v) is 1.60. The maximum absolute atomic E-state index is 4.76. The van der Waals surface area contributed by atoms with Crippen LogP contribution in [0.4, 0.5) is 0 Å². The Labute approximate surface area is 48.2 Å². The minimum atomic E-state index is 0. The minimum Gasteiger partial charge on any atom is -0.109 e. The van der Waals surface area contributed by atoms with Gasteiger partial charge in [0.05, 0.1) is 5.34 Å². The standard InChI is InChI=1S/CH2Cl2.Ru/c2-1-3;/h1H2;. The molecule has 0 aromatic rings. The average molecular weight is 186 g/mol. The molecule has 0 aliphatic carbocycles. The van der Waals surface area contributed by atoms with Gasteiger partial charge in [0.2, 0.25) is 0 Å². The summed E-state index contributed by atoms with van der Waals surface area (Å²) in [6, 6.07) is 0. The summed E-state index contributed by atoms with van der Waals surface area (Å²) in [5, 5.41) is 0.194. The zero-order valence-corrected chi connectivity index (χ0v) is 5.07. The Morgan fingerprint density at radius 3 is 1.25 bits per heavy atom. The van der Waals surface area contributed by atoms with Crippen molar-refractivity contribution in [2.45, 2.75) is 0 Å². The molecule has 0 heterocycles. The summed E-state index contributed by atoms with van der Waals surface area (Å²) in [5.74, 6) is 0. The average Bonchev–Trinajstić information content (AvgIpc) is 0.918. The largest absolute Gasteiger partial charge is 0.109 e. The normalized spacial score (nSPS) is 4.50. The van der Waals surface area contributed by atoms with Gasteiger partial charge in [-0.25, -0.2) is 0 Å². The minimum absolute atomic E-state index is 0. The summed E-state index contributed by atoms with van der Waals surface area (Å²) >= 11 is 9.53. The van der Waals surface area contributed by atoms with Crippen molar-refractivity contribution in [3.63, 3.8) is 0 Å². The summed E-state index contributed by atoms with van der Waals surface area (Å²) in [5.41, 5.74) is 0. The third kappa shape index (κ3) is 10.7. The SMILES string of the molecule is ClCCl.[Ru]. The van der Waals surface area contributed by atoms with E-state index in [2.05, 4.69) is 0 Å². The fourth-order valence-electron chi connectivity index (χ4n) is 0. The molecular weight excluding hydrogens is 184 g/mol. The predicted octanol–water partition coefficient (Wildman–Crippen LogP) is 1.42. The molecule has 0 nitrogen and oxygen atoms in total. The van der Waals surface area contributed by atoms with E-state index in [4.69, 9.17) is 23.2 Å². The molecule has 0 aromatic heterocycles. The zero-order chi connectivity index (χ0) is 2.71. The molecule has 0 unspecified atom stereocenters. The van der Waals surface area contributed by atoms with Crippen LogP contribution in [0.1, 0.15) is 0 Å². The van der Waals surface area contributed by atoms with Crippen molar-refractivity contribution < 1.29 is 19.5 Å². The number of hydrogen-bond donors (Lipinski definition) is 0. The smallest absolute Gasteiger partial charge is 0.0967 e. The molecule has 4 heavy (non-hydrogen) atoms. The van der Waals surface area contributed by atoms with Gasteiger partial charge >= 0.3 is 0 Å². The number of hydrogen-bond acceptors (Lipinski definition) is 0. The van der Waals surface area contributed by atoms with Crippen molar-refractivity contribution in [3.8, 4) is 0 Å². The van der Waals surface area contributed by atoms with Gasteiger partial charge in [0.25, 0.3) is 0 Å². The molecular formula is CH2Cl2Ru. The van der Waals surface area contributed by atoms with E-state index in [0.717, 1.165) is 0 Å². The summed E-state index contributed by atoms with van der Waals surface area (Å²) in [6.07, 6.45) is 0. The van der Waals surface area contributed by atoms with Crippen molar-refractivity contribution in [2.75, 3.05) is 5.34 Å². The van der Waals surface area contributed by atoms with Gasteiger partial charge in [0.1, 0.15) is 0 Å². The van der Waals surface area contributed by atoms with Crippen LogP contribution >= 0.6 is 23.2 Å². The number of rotatable bonds is 0. The molecule has 0 radical (unpaired) electrons. The molecule has 0 aliphatic rings. The Bertz CT molecular complexity index is 6.00. The van der Waals surface area contributed by atoms with Crippen LogP contribution < -0.4 is 0 Å². The second-order valence-corrected chi connectivity index (χ2v) is 0.909. The van der Waals surface area contributed by atoms with Crippen molar-refractivity contribution >= 4 is 23.2 Å². The third-order valence-electron chi connectivity index (χ3n) is 0. The molecule has 0 rings (SSSR count). The number of halogens is 2. The second kappa shape index (κ2) is 8.88. The molecule has 0 aliphatic heterocycles. The first-order valence-electron chi connectivity index (χ1n) is 0.535. The van der Waals surface area contributed by atoms with E-state index >= 15 is 0 Å². The molecule has 3 heteroatoms. The van der Waals surface area contributed by atoms with Crippen LogP contribution in [0.25, 0.3) is 0 Å². The van der Waals surface area contributed by atoms with Gasteiger partial charge in [0.15, 0.2) is 0 Å². The molecule has 0 N–H and O–H groups in total. The summed E-state index contributed by atoms with van der Waals surface area (Å²) in [4.78, 5) is 0. The maximum atomic E-state index is 4.76. The Kier molecular flexibility index (Phi) is 19.9. The Morgan fingerprint density at radius 1 is 1.25 bits per heavy atom. The van der Waals surface area contributed by atoms with Crippen molar-refractivity contribution in [1.29, 1.82) is 0 Å². The molecule has 0 spiro atoms. The molecule has 0 saturated carbocycles.